The monoisotopic (exact) mass is 283 g/mol. The van der Waals surface area contributed by atoms with E-state index in [-0.39, 0.29) is 0 Å². The molecule has 112 valence electrons. The van der Waals surface area contributed by atoms with Crippen molar-refractivity contribution in [3.8, 4) is 0 Å². The lowest BCUT2D eigenvalue weighted by Gasteiger charge is -2.21. The van der Waals surface area contributed by atoms with Crippen LogP contribution in [0, 0.1) is 5.92 Å². The van der Waals surface area contributed by atoms with Crippen molar-refractivity contribution in [1.82, 2.24) is 10.3 Å². The third-order valence-electron chi connectivity index (χ3n) is 4.43. The van der Waals surface area contributed by atoms with Gasteiger partial charge in [0.15, 0.2) is 0 Å². The van der Waals surface area contributed by atoms with E-state index in [2.05, 4.69) is 47.5 Å². The molecule has 1 aromatic heterocycles. The molecular formula is C18H25N3. The van der Waals surface area contributed by atoms with Crippen LogP contribution in [0.25, 0.3) is 10.9 Å². The minimum atomic E-state index is 0.823. The average molecular weight is 283 g/mol. The molecule has 0 bridgehead atoms. The summed E-state index contributed by atoms with van der Waals surface area (Å²) < 4.78 is 0. The standard InChI is InChI=1S/C18H25N3/c1-3-6-14-9-10-21(13-14)18-11-15(12-19-2)20-17-8-5-4-7-16(17)18/h4-5,7-8,11,14,19H,3,6,9-10,12-13H2,1-2H3. The first-order valence-electron chi connectivity index (χ1n) is 8.10. The summed E-state index contributed by atoms with van der Waals surface area (Å²) in [5.74, 6) is 0.856. The van der Waals surface area contributed by atoms with Gasteiger partial charge in [0.05, 0.1) is 11.2 Å². The maximum absolute atomic E-state index is 4.76. The molecule has 1 fully saturated rings. The van der Waals surface area contributed by atoms with Crippen LogP contribution in [0.4, 0.5) is 5.69 Å². The topological polar surface area (TPSA) is 28.2 Å². The van der Waals surface area contributed by atoms with Crippen molar-refractivity contribution in [3.63, 3.8) is 0 Å². The molecule has 1 N–H and O–H groups in total. The van der Waals surface area contributed by atoms with Gasteiger partial charge in [0.2, 0.25) is 0 Å². The van der Waals surface area contributed by atoms with Gasteiger partial charge < -0.3 is 10.2 Å². The van der Waals surface area contributed by atoms with E-state index in [1.807, 2.05) is 7.05 Å². The van der Waals surface area contributed by atoms with Crippen LogP contribution in [0.2, 0.25) is 0 Å². The fourth-order valence-corrected chi connectivity index (χ4v) is 3.44. The van der Waals surface area contributed by atoms with E-state index < -0.39 is 0 Å². The fourth-order valence-electron chi connectivity index (χ4n) is 3.44. The molecule has 1 aliphatic heterocycles. The second-order valence-corrected chi connectivity index (χ2v) is 6.07. The number of hydrogen-bond donors (Lipinski definition) is 1. The molecule has 0 spiro atoms. The van der Waals surface area contributed by atoms with Crippen molar-refractivity contribution in [2.75, 3.05) is 25.0 Å². The van der Waals surface area contributed by atoms with Gasteiger partial charge in [-0.3, -0.25) is 4.98 Å². The highest BCUT2D eigenvalue weighted by atomic mass is 15.2. The number of hydrogen-bond acceptors (Lipinski definition) is 3. The van der Waals surface area contributed by atoms with Gasteiger partial charge in [0.1, 0.15) is 0 Å². The maximum atomic E-state index is 4.76. The fraction of sp³-hybridized carbons (Fsp3) is 0.500. The summed E-state index contributed by atoms with van der Waals surface area (Å²) >= 11 is 0. The van der Waals surface area contributed by atoms with Gasteiger partial charge in [0, 0.05) is 30.7 Å². The lowest BCUT2D eigenvalue weighted by Crippen LogP contribution is -2.20. The molecule has 2 heterocycles. The van der Waals surface area contributed by atoms with Crippen LogP contribution < -0.4 is 10.2 Å². The summed E-state index contributed by atoms with van der Waals surface area (Å²) in [6.45, 7) is 5.48. The second-order valence-electron chi connectivity index (χ2n) is 6.07. The largest absolute Gasteiger partial charge is 0.371 e. The van der Waals surface area contributed by atoms with Gasteiger partial charge in [-0.25, -0.2) is 0 Å². The first-order chi connectivity index (χ1) is 10.3. The van der Waals surface area contributed by atoms with Crippen LogP contribution in [0.5, 0.6) is 0 Å². The SMILES string of the molecule is CCCC1CCN(c2cc(CNC)nc3ccccc23)C1. The first kappa shape index (κ1) is 14.3. The third kappa shape index (κ3) is 3.03. The Morgan fingerprint density at radius 1 is 1.33 bits per heavy atom. The first-order valence-corrected chi connectivity index (χ1v) is 8.10. The lowest BCUT2D eigenvalue weighted by molar-refractivity contribution is 0.530. The van der Waals surface area contributed by atoms with E-state index in [0.29, 0.717) is 0 Å². The molecule has 1 atom stereocenters. The zero-order valence-electron chi connectivity index (χ0n) is 13.1. The van der Waals surface area contributed by atoms with Crippen molar-refractivity contribution < 1.29 is 0 Å². The molecule has 0 radical (unpaired) electrons. The van der Waals surface area contributed by atoms with E-state index in [0.717, 1.165) is 23.7 Å². The number of rotatable bonds is 5. The predicted octanol–water partition coefficient (Wildman–Crippen LogP) is 3.58. The molecule has 0 saturated carbocycles. The van der Waals surface area contributed by atoms with Crippen molar-refractivity contribution >= 4 is 16.6 Å². The van der Waals surface area contributed by atoms with Crippen LogP contribution in [0.1, 0.15) is 31.9 Å². The quantitative estimate of drug-likeness (QED) is 0.909. The van der Waals surface area contributed by atoms with Crippen molar-refractivity contribution in [3.05, 3.63) is 36.0 Å². The van der Waals surface area contributed by atoms with E-state index in [4.69, 9.17) is 4.98 Å². The van der Waals surface area contributed by atoms with Gasteiger partial charge in [-0.1, -0.05) is 31.5 Å². The van der Waals surface area contributed by atoms with Crippen molar-refractivity contribution in [2.45, 2.75) is 32.7 Å². The third-order valence-corrected chi connectivity index (χ3v) is 4.43. The normalized spacial score (nSPS) is 18.6. The van der Waals surface area contributed by atoms with Gasteiger partial charge in [-0.15, -0.1) is 0 Å². The van der Waals surface area contributed by atoms with E-state index in [9.17, 15) is 0 Å². The van der Waals surface area contributed by atoms with E-state index in [1.165, 1.54) is 43.4 Å². The Morgan fingerprint density at radius 2 is 2.19 bits per heavy atom. The van der Waals surface area contributed by atoms with Crippen LogP contribution in [0.15, 0.2) is 30.3 Å². The smallest absolute Gasteiger partial charge is 0.0726 e. The minimum Gasteiger partial charge on any atom is -0.371 e. The molecule has 1 aliphatic rings. The second kappa shape index (κ2) is 6.44. The van der Waals surface area contributed by atoms with E-state index in [1.54, 1.807) is 0 Å². The molecule has 3 heteroatoms. The molecule has 1 unspecified atom stereocenters. The number of pyridine rings is 1. The minimum absolute atomic E-state index is 0.823. The number of nitrogens with zero attached hydrogens (tertiary/aromatic N) is 2. The molecule has 0 amide bonds. The number of benzene rings is 1. The summed E-state index contributed by atoms with van der Waals surface area (Å²) in [4.78, 5) is 7.32. The number of anilines is 1. The lowest BCUT2D eigenvalue weighted by atomic mass is 10.0. The van der Waals surface area contributed by atoms with Gasteiger partial charge in [-0.05, 0) is 37.9 Å². The zero-order valence-corrected chi connectivity index (χ0v) is 13.1. The number of fused-ring (bicyclic) bond motifs is 1. The highest BCUT2D eigenvalue weighted by Gasteiger charge is 2.23. The summed E-state index contributed by atoms with van der Waals surface area (Å²) in [5.41, 5.74) is 3.61. The Labute approximate surface area is 127 Å². The summed E-state index contributed by atoms with van der Waals surface area (Å²) in [6.07, 6.45) is 3.97. The van der Waals surface area contributed by atoms with Crippen molar-refractivity contribution in [1.29, 1.82) is 0 Å². The highest BCUT2D eigenvalue weighted by molar-refractivity contribution is 5.92. The van der Waals surface area contributed by atoms with E-state index >= 15 is 0 Å². The van der Waals surface area contributed by atoms with Crippen LogP contribution >= 0.6 is 0 Å². The Balaban J connectivity index is 1.96. The maximum Gasteiger partial charge on any atom is 0.0726 e. The van der Waals surface area contributed by atoms with Crippen LogP contribution in [0.3, 0.4) is 0 Å². The number of para-hydroxylation sites is 1. The molecule has 1 saturated heterocycles. The van der Waals surface area contributed by atoms with Crippen LogP contribution in [-0.2, 0) is 6.54 Å². The Hall–Kier alpha value is -1.61. The summed E-state index contributed by atoms with van der Waals surface area (Å²) in [6, 6.07) is 10.8. The molecule has 2 aromatic rings. The molecule has 3 nitrogen and oxygen atoms in total. The average Bonchev–Trinajstić information content (AvgIpc) is 2.96. The Bertz CT molecular complexity index is 608. The predicted molar refractivity (Wildman–Crippen MR) is 89.7 cm³/mol. The molecular weight excluding hydrogens is 258 g/mol. The van der Waals surface area contributed by atoms with Gasteiger partial charge >= 0.3 is 0 Å². The number of aromatic nitrogens is 1. The molecule has 3 rings (SSSR count). The molecule has 0 aliphatic carbocycles. The highest BCUT2D eigenvalue weighted by Crippen LogP contribution is 2.32. The molecule has 21 heavy (non-hydrogen) atoms. The Morgan fingerprint density at radius 3 is 3.00 bits per heavy atom. The van der Waals surface area contributed by atoms with Gasteiger partial charge in [0.25, 0.3) is 0 Å². The van der Waals surface area contributed by atoms with Crippen LogP contribution in [-0.4, -0.2) is 25.1 Å². The summed E-state index contributed by atoms with van der Waals surface area (Å²) in [7, 11) is 1.98. The zero-order chi connectivity index (χ0) is 14.7. The number of nitrogens with one attached hydrogen (secondary N) is 1. The summed E-state index contributed by atoms with van der Waals surface area (Å²) in [5, 5.41) is 4.50. The van der Waals surface area contributed by atoms with Crippen molar-refractivity contribution in [2.24, 2.45) is 5.92 Å². The van der Waals surface area contributed by atoms with Gasteiger partial charge in [-0.2, -0.15) is 0 Å². The molecule has 1 aromatic carbocycles. The Kier molecular flexibility index (Phi) is 4.39.